The van der Waals surface area contributed by atoms with Gasteiger partial charge in [-0.15, -0.1) is 0 Å². The Kier molecular flexibility index (Phi) is 6.01. The van der Waals surface area contributed by atoms with Gasteiger partial charge < -0.3 is 14.6 Å². The summed E-state index contributed by atoms with van der Waals surface area (Å²) in [7, 11) is 0. The van der Waals surface area contributed by atoms with E-state index in [9.17, 15) is 4.79 Å². The topological polar surface area (TPSA) is 80.5 Å². The van der Waals surface area contributed by atoms with E-state index in [1.807, 2.05) is 20.1 Å². The highest BCUT2D eigenvalue weighted by atomic mass is 32.2. The van der Waals surface area contributed by atoms with E-state index in [0.717, 1.165) is 13.1 Å². The molecule has 1 saturated heterocycles. The van der Waals surface area contributed by atoms with Gasteiger partial charge in [-0.3, -0.25) is 9.69 Å². The Bertz CT molecular complexity index is 458. The van der Waals surface area contributed by atoms with E-state index in [1.54, 1.807) is 11.8 Å². The molecule has 2 atom stereocenters. The third kappa shape index (κ3) is 5.29. The van der Waals surface area contributed by atoms with Crippen LogP contribution in [0.5, 0.6) is 0 Å². The lowest BCUT2D eigenvalue weighted by Gasteiger charge is -2.34. The Morgan fingerprint density at radius 2 is 2.14 bits per heavy atom. The number of nitrogens with zero attached hydrogens (tertiary/aromatic N) is 3. The Hall–Kier alpha value is -1.12. The van der Waals surface area contributed by atoms with E-state index in [0.29, 0.717) is 24.0 Å². The van der Waals surface area contributed by atoms with Gasteiger partial charge in [-0.2, -0.15) is 16.7 Å². The summed E-state index contributed by atoms with van der Waals surface area (Å²) in [5, 5.41) is 6.64. The minimum Gasteiger partial charge on any atom is -0.373 e. The van der Waals surface area contributed by atoms with Gasteiger partial charge in [0.25, 0.3) is 0 Å². The molecule has 1 aliphatic heterocycles. The van der Waals surface area contributed by atoms with E-state index >= 15 is 0 Å². The maximum Gasteiger partial charge on any atom is 0.246 e. The normalized spacial score (nSPS) is 23.2. The minimum absolute atomic E-state index is 0.0408. The molecule has 1 aromatic rings. The number of morpholine rings is 1. The van der Waals surface area contributed by atoms with Crippen LogP contribution in [0, 0.1) is 0 Å². The van der Waals surface area contributed by atoms with Gasteiger partial charge in [-0.25, -0.2) is 0 Å². The highest BCUT2D eigenvalue weighted by Gasteiger charge is 2.23. The number of hydrogen-bond acceptors (Lipinski definition) is 7. The van der Waals surface area contributed by atoms with Crippen LogP contribution in [-0.2, 0) is 21.8 Å². The lowest BCUT2D eigenvalue weighted by molar-refractivity contribution is -0.126. The van der Waals surface area contributed by atoms with Crippen LogP contribution in [0.3, 0.4) is 0 Å². The molecule has 0 unspecified atom stereocenters. The summed E-state index contributed by atoms with van der Waals surface area (Å²) in [5.74, 6) is 1.76. The van der Waals surface area contributed by atoms with Crippen LogP contribution < -0.4 is 5.32 Å². The minimum atomic E-state index is -0.0408. The summed E-state index contributed by atoms with van der Waals surface area (Å²) >= 11 is 1.63. The standard InChI is InChI=1S/C13H22N4O3S/c1-9-5-17(6-10(2)19-9)7-12(18)14-4-13-15-11(8-21-3)16-20-13/h9-10H,4-8H2,1-3H3,(H,14,18)/t9-,10+. The monoisotopic (exact) mass is 314 g/mol. The van der Waals surface area contributed by atoms with Crippen LogP contribution in [0.25, 0.3) is 0 Å². The van der Waals surface area contributed by atoms with Crippen molar-refractivity contribution < 1.29 is 14.1 Å². The number of aromatic nitrogens is 2. The van der Waals surface area contributed by atoms with Crippen LogP contribution in [0.15, 0.2) is 4.52 Å². The van der Waals surface area contributed by atoms with Gasteiger partial charge in [-0.1, -0.05) is 5.16 Å². The zero-order chi connectivity index (χ0) is 15.2. The average molecular weight is 314 g/mol. The van der Waals surface area contributed by atoms with Crippen LogP contribution >= 0.6 is 11.8 Å². The first-order valence-electron chi connectivity index (χ1n) is 7.01. The van der Waals surface area contributed by atoms with Gasteiger partial charge in [0.2, 0.25) is 11.8 Å². The van der Waals surface area contributed by atoms with Gasteiger partial charge >= 0.3 is 0 Å². The SMILES string of the molecule is CSCc1noc(CNC(=O)CN2C[C@@H](C)O[C@@H](C)C2)n1. The van der Waals surface area contributed by atoms with Crippen molar-refractivity contribution in [2.24, 2.45) is 0 Å². The molecule has 0 bridgehead atoms. The molecule has 0 saturated carbocycles. The molecule has 7 nitrogen and oxygen atoms in total. The molecule has 8 heteroatoms. The Morgan fingerprint density at radius 1 is 1.43 bits per heavy atom. The van der Waals surface area contributed by atoms with Crippen molar-refractivity contribution in [3.8, 4) is 0 Å². The fraction of sp³-hybridized carbons (Fsp3) is 0.769. The van der Waals surface area contributed by atoms with Crippen molar-refractivity contribution in [1.29, 1.82) is 0 Å². The second-order valence-electron chi connectivity index (χ2n) is 5.27. The zero-order valence-electron chi connectivity index (χ0n) is 12.7. The van der Waals surface area contributed by atoms with Crippen LogP contribution in [0.4, 0.5) is 0 Å². The van der Waals surface area contributed by atoms with Crippen LogP contribution in [0.1, 0.15) is 25.6 Å². The van der Waals surface area contributed by atoms with Gasteiger partial charge in [0.05, 0.1) is 31.1 Å². The van der Waals surface area contributed by atoms with Crippen molar-refractivity contribution >= 4 is 17.7 Å². The van der Waals surface area contributed by atoms with E-state index < -0.39 is 0 Å². The molecule has 0 aliphatic carbocycles. The number of amides is 1. The molecule has 1 N–H and O–H groups in total. The number of ether oxygens (including phenoxy) is 1. The number of nitrogens with one attached hydrogen (secondary N) is 1. The number of carbonyl (C=O) groups excluding carboxylic acids is 1. The smallest absolute Gasteiger partial charge is 0.246 e. The summed E-state index contributed by atoms with van der Waals surface area (Å²) in [5.41, 5.74) is 0. The number of thioether (sulfide) groups is 1. The fourth-order valence-electron chi connectivity index (χ4n) is 2.40. The molecule has 1 aliphatic rings. The first-order valence-corrected chi connectivity index (χ1v) is 8.41. The van der Waals surface area contributed by atoms with Crippen molar-refractivity contribution in [3.05, 3.63) is 11.7 Å². The second kappa shape index (κ2) is 7.77. The van der Waals surface area contributed by atoms with Gasteiger partial charge in [0.1, 0.15) is 0 Å². The predicted molar refractivity (Wildman–Crippen MR) is 79.8 cm³/mol. The first kappa shape index (κ1) is 16.3. The van der Waals surface area contributed by atoms with Crippen molar-refractivity contribution in [2.45, 2.75) is 38.4 Å². The Balaban J connectivity index is 1.73. The summed E-state index contributed by atoms with van der Waals surface area (Å²) in [6, 6.07) is 0. The predicted octanol–water partition coefficient (Wildman–Crippen LogP) is 0.658. The number of rotatable bonds is 6. The third-order valence-corrected chi connectivity index (χ3v) is 3.63. The van der Waals surface area contributed by atoms with E-state index in [2.05, 4.69) is 20.4 Å². The summed E-state index contributed by atoms with van der Waals surface area (Å²) in [6.45, 7) is 6.23. The van der Waals surface area contributed by atoms with Crippen molar-refractivity contribution in [1.82, 2.24) is 20.4 Å². The highest BCUT2D eigenvalue weighted by Crippen LogP contribution is 2.10. The lowest BCUT2D eigenvalue weighted by atomic mass is 10.2. The van der Waals surface area contributed by atoms with E-state index in [4.69, 9.17) is 9.26 Å². The largest absolute Gasteiger partial charge is 0.373 e. The van der Waals surface area contributed by atoms with Gasteiger partial charge in [-0.05, 0) is 20.1 Å². The van der Waals surface area contributed by atoms with Crippen molar-refractivity contribution in [3.63, 3.8) is 0 Å². The molecule has 1 amide bonds. The quantitative estimate of drug-likeness (QED) is 0.826. The number of hydrogen-bond donors (Lipinski definition) is 1. The lowest BCUT2D eigenvalue weighted by Crippen LogP contribution is -2.49. The van der Waals surface area contributed by atoms with E-state index in [-0.39, 0.29) is 24.7 Å². The molecule has 21 heavy (non-hydrogen) atoms. The molecule has 0 aromatic carbocycles. The van der Waals surface area contributed by atoms with Gasteiger partial charge in [0, 0.05) is 13.1 Å². The zero-order valence-corrected chi connectivity index (χ0v) is 13.5. The highest BCUT2D eigenvalue weighted by molar-refractivity contribution is 7.97. The first-order chi connectivity index (χ1) is 10.1. The molecule has 0 spiro atoms. The molecule has 2 rings (SSSR count). The Labute approximate surface area is 128 Å². The van der Waals surface area contributed by atoms with Crippen LogP contribution in [-0.4, -0.2) is 59.0 Å². The number of carbonyl (C=O) groups is 1. The maximum absolute atomic E-state index is 11.9. The molecule has 0 radical (unpaired) electrons. The molecule has 1 fully saturated rings. The summed E-state index contributed by atoms with van der Waals surface area (Å²) in [6.07, 6.45) is 2.29. The Morgan fingerprint density at radius 3 is 2.81 bits per heavy atom. The fourth-order valence-corrected chi connectivity index (χ4v) is 2.77. The molecule has 118 valence electrons. The molecular formula is C13H22N4O3S. The van der Waals surface area contributed by atoms with E-state index in [1.165, 1.54) is 0 Å². The molecule has 2 heterocycles. The van der Waals surface area contributed by atoms with Crippen LogP contribution in [0.2, 0.25) is 0 Å². The third-order valence-electron chi connectivity index (χ3n) is 3.08. The van der Waals surface area contributed by atoms with Crippen molar-refractivity contribution in [2.75, 3.05) is 25.9 Å². The molecule has 1 aromatic heterocycles. The summed E-state index contributed by atoms with van der Waals surface area (Å²) in [4.78, 5) is 18.2. The summed E-state index contributed by atoms with van der Waals surface area (Å²) < 4.78 is 10.7. The molecular weight excluding hydrogens is 292 g/mol. The van der Waals surface area contributed by atoms with Gasteiger partial charge in [0.15, 0.2) is 5.82 Å². The maximum atomic E-state index is 11.9. The second-order valence-corrected chi connectivity index (χ2v) is 6.13. The average Bonchev–Trinajstić information content (AvgIpc) is 2.83.